The van der Waals surface area contributed by atoms with E-state index >= 15 is 0 Å². The van der Waals surface area contributed by atoms with Gasteiger partial charge in [-0.3, -0.25) is 0 Å². The summed E-state index contributed by atoms with van der Waals surface area (Å²) in [4.78, 5) is 0. The Kier molecular flexibility index (Phi) is 9.31. The number of hydrogen-bond acceptors (Lipinski definition) is 0. The molecule has 1 aromatic carbocycles. The van der Waals surface area contributed by atoms with Crippen LogP contribution < -0.4 is 0 Å². The lowest BCUT2D eigenvalue weighted by Gasteiger charge is -2.21. The van der Waals surface area contributed by atoms with Gasteiger partial charge < -0.3 is 0 Å². The third-order valence-corrected chi connectivity index (χ3v) is 7.01. The van der Waals surface area contributed by atoms with E-state index in [9.17, 15) is 8.78 Å². The van der Waals surface area contributed by atoms with Gasteiger partial charge in [-0.05, 0) is 94.1 Å². The topological polar surface area (TPSA) is 0 Å². The van der Waals surface area contributed by atoms with E-state index in [-0.39, 0.29) is 0 Å². The van der Waals surface area contributed by atoms with Crippen LogP contribution in [-0.4, -0.2) is 0 Å². The number of rotatable bonds is 9. The van der Waals surface area contributed by atoms with Crippen LogP contribution in [0, 0.1) is 23.5 Å². The largest absolute Gasteiger partial charge is 0.203 e. The zero-order chi connectivity index (χ0) is 22.1. The van der Waals surface area contributed by atoms with Crippen molar-refractivity contribution in [2.45, 2.75) is 84.5 Å². The fourth-order valence-electron chi connectivity index (χ4n) is 4.81. The first-order valence-corrected chi connectivity index (χ1v) is 12.2. The second-order valence-corrected chi connectivity index (χ2v) is 9.15. The molecule has 0 saturated heterocycles. The first-order chi connectivity index (χ1) is 15.1. The molecule has 31 heavy (non-hydrogen) atoms. The average molecular weight is 425 g/mol. The zero-order valence-electron chi connectivity index (χ0n) is 19.3. The lowest BCUT2D eigenvalue weighted by molar-refractivity contribution is 0.466. The average Bonchev–Trinajstić information content (AvgIpc) is 2.80. The summed E-state index contributed by atoms with van der Waals surface area (Å²) >= 11 is 0. The van der Waals surface area contributed by atoms with Gasteiger partial charge in [0.2, 0.25) is 0 Å². The van der Waals surface area contributed by atoms with Crippen molar-refractivity contribution < 1.29 is 8.78 Å². The summed E-state index contributed by atoms with van der Waals surface area (Å²) in [5.41, 5.74) is 3.51. The summed E-state index contributed by atoms with van der Waals surface area (Å²) in [6.45, 7) is 4.27. The number of halogens is 2. The summed E-state index contributed by atoms with van der Waals surface area (Å²) in [5.74, 6) is -0.0480. The lowest BCUT2D eigenvalue weighted by atomic mass is 9.85. The molecule has 2 aliphatic rings. The van der Waals surface area contributed by atoms with Crippen LogP contribution in [0.5, 0.6) is 0 Å². The van der Waals surface area contributed by atoms with Crippen LogP contribution in [0.1, 0.15) is 89.2 Å². The van der Waals surface area contributed by atoms with Crippen molar-refractivity contribution >= 4 is 5.57 Å². The minimum Gasteiger partial charge on any atom is -0.203 e. The summed E-state index contributed by atoms with van der Waals surface area (Å²) in [6.07, 6.45) is 24.5. The van der Waals surface area contributed by atoms with Crippen molar-refractivity contribution in [1.29, 1.82) is 0 Å². The van der Waals surface area contributed by atoms with Crippen molar-refractivity contribution in [2.24, 2.45) is 11.8 Å². The van der Waals surface area contributed by atoms with Crippen molar-refractivity contribution in [2.75, 3.05) is 0 Å². The Morgan fingerprint density at radius 1 is 0.935 bits per heavy atom. The molecule has 0 fully saturated rings. The summed E-state index contributed by atoms with van der Waals surface area (Å²) in [7, 11) is 0. The molecule has 2 aliphatic carbocycles. The predicted molar refractivity (Wildman–Crippen MR) is 129 cm³/mol. The molecule has 3 rings (SSSR count). The highest BCUT2D eigenvalue weighted by molar-refractivity contribution is 5.67. The Balaban J connectivity index is 1.50. The van der Waals surface area contributed by atoms with Gasteiger partial charge in [0.25, 0.3) is 0 Å². The molecule has 2 unspecified atom stereocenters. The Morgan fingerprint density at radius 2 is 1.77 bits per heavy atom. The Labute approximate surface area is 187 Å². The summed E-state index contributed by atoms with van der Waals surface area (Å²) < 4.78 is 29.4. The second kappa shape index (κ2) is 12.2. The van der Waals surface area contributed by atoms with E-state index in [1.165, 1.54) is 19.3 Å². The highest BCUT2D eigenvalue weighted by Crippen LogP contribution is 2.34. The smallest absolute Gasteiger partial charge is 0.166 e. The number of benzene rings is 1. The Hall–Kier alpha value is -1.96. The van der Waals surface area contributed by atoms with Crippen LogP contribution in [0.15, 0.2) is 54.2 Å². The van der Waals surface area contributed by atoms with E-state index in [1.807, 2.05) is 0 Å². The first kappa shape index (κ1) is 23.7. The standard InChI is InChI=1S/C29H38F2/c1-3-5-6-9-23-12-14-24(15-13-23)10-7-8-11-26-20-21-27(29(31)28(26)30)25-18-16-22(4-2)17-19-25/h3,5,7,10,12,18,20-22,24H,4,6,8-9,11,13-17,19H2,1-2H3. The van der Waals surface area contributed by atoms with Crippen LogP contribution in [-0.2, 0) is 6.42 Å². The monoisotopic (exact) mass is 424 g/mol. The van der Waals surface area contributed by atoms with E-state index < -0.39 is 11.6 Å². The fraction of sp³-hybridized carbons (Fsp3) is 0.517. The van der Waals surface area contributed by atoms with Crippen molar-refractivity contribution in [3.05, 3.63) is 76.9 Å². The molecule has 0 heterocycles. The molecule has 0 bridgehead atoms. The molecule has 0 N–H and O–H groups in total. The molecule has 0 radical (unpaired) electrons. The number of hydrogen-bond donors (Lipinski definition) is 0. The molecule has 0 saturated carbocycles. The Bertz CT molecular complexity index is 841. The van der Waals surface area contributed by atoms with Gasteiger partial charge in [0.15, 0.2) is 11.6 Å². The first-order valence-electron chi connectivity index (χ1n) is 12.2. The van der Waals surface area contributed by atoms with E-state index in [2.05, 4.69) is 50.3 Å². The lowest BCUT2D eigenvalue weighted by Crippen LogP contribution is -2.06. The highest BCUT2D eigenvalue weighted by Gasteiger charge is 2.19. The van der Waals surface area contributed by atoms with Gasteiger partial charge >= 0.3 is 0 Å². The molecular weight excluding hydrogens is 386 g/mol. The van der Waals surface area contributed by atoms with Gasteiger partial charge in [0.05, 0.1) is 0 Å². The molecule has 0 nitrogen and oxygen atoms in total. The van der Waals surface area contributed by atoms with Gasteiger partial charge in [0.1, 0.15) is 0 Å². The minimum atomic E-state index is -0.662. The molecule has 1 aromatic rings. The van der Waals surface area contributed by atoms with Gasteiger partial charge in [-0.2, -0.15) is 0 Å². The summed E-state index contributed by atoms with van der Waals surface area (Å²) in [6, 6.07) is 3.57. The molecule has 2 atom stereocenters. The minimum absolute atomic E-state index is 0.463. The summed E-state index contributed by atoms with van der Waals surface area (Å²) in [5, 5.41) is 0. The third kappa shape index (κ3) is 6.76. The van der Waals surface area contributed by atoms with Crippen LogP contribution in [0.3, 0.4) is 0 Å². The Morgan fingerprint density at radius 3 is 2.45 bits per heavy atom. The number of allylic oxidation sites excluding steroid dienone is 8. The molecule has 0 spiro atoms. The van der Waals surface area contributed by atoms with Crippen LogP contribution >= 0.6 is 0 Å². The van der Waals surface area contributed by atoms with Gasteiger partial charge in [0, 0.05) is 5.56 Å². The van der Waals surface area contributed by atoms with Gasteiger partial charge in [-0.25, -0.2) is 8.78 Å². The molecule has 0 aromatic heterocycles. The maximum absolute atomic E-state index is 14.7. The van der Waals surface area contributed by atoms with E-state index in [0.29, 0.717) is 29.4 Å². The van der Waals surface area contributed by atoms with Crippen LogP contribution in [0.2, 0.25) is 0 Å². The molecule has 0 amide bonds. The zero-order valence-corrected chi connectivity index (χ0v) is 19.3. The molecule has 168 valence electrons. The van der Waals surface area contributed by atoms with Crippen molar-refractivity contribution in [1.82, 2.24) is 0 Å². The molecule has 2 heteroatoms. The van der Waals surface area contributed by atoms with Gasteiger partial charge in [-0.1, -0.05) is 67.5 Å². The quantitative estimate of drug-likeness (QED) is 0.347. The van der Waals surface area contributed by atoms with Crippen molar-refractivity contribution in [3.63, 3.8) is 0 Å². The number of aryl methyl sites for hydroxylation is 1. The fourth-order valence-corrected chi connectivity index (χ4v) is 4.81. The van der Waals surface area contributed by atoms with Gasteiger partial charge in [-0.15, -0.1) is 0 Å². The van der Waals surface area contributed by atoms with Crippen LogP contribution in [0.4, 0.5) is 8.78 Å². The molecular formula is C29H38F2. The third-order valence-electron chi connectivity index (χ3n) is 7.01. The highest BCUT2D eigenvalue weighted by atomic mass is 19.2. The predicted octanol–water partition coefficient (Wildman–Crippen LogP) is 9.13. The van der Waals surface area contributed by atoms with E-state index in [0.717, 1.165) is 50.5 Å². The van der Waals surface area contributed by atoms with E-state index in [1.54, 1.807) is 17.7 Å². The maximum atomic E-state index is 14.7. The van der Waals surface area contributed by atoms with E-state index in [4.69, 9.17) is 0 Å². The normalized spacial score (nSPS) is 22.2. The SMILES string of the molecule is CC=CCCC1=CCC(C=CCCc2ccc(C3=CCC(CC)CC3)c(F)c2F)CC1. The van der Waals surface area contributed by atoms with Crippen molar-refractivity contribution in [3.8, 4) is 0 Å². The molecule has 0 aliphatic heterocycles. The van der Waals surface area contributed by atoms with Crippen LogP contribution in [0.25, 0.3) is 5.57 Å². The second-order valence-electron chi connectivity index (χ2n) is 9.15. The maximum Gasteiger partial charge on any atom is 0.166 e.